The molecule has 3 heterocycles. The maximum Gasteiger partial charge on any atom is 0.300 e. The lowest BCUT2D eigenvalue weighted by Gasteiger charge is -2.10. The molecular weight excluding hydrogens is 414 g/mol. The molecule has 154 valence electrons. The van der Waals surface area contributed by atoms with Crippen molar-refractivity contribution in [2.24, 2.45) is 0 Å². The first-order valence-electron chi connectivity index (χ1n) is 9.49. The van der Waals surface area contributed by atoms with Gasteiger partial charge in [0.2, 0.25) is 5.65 Å². The highest BCUT2D eigenvalue weighted by atomic mass is 32.2. The number of benzene rings is 2. The van der Waals surface area contributed by atoms with Gasteiger partial charge in [-0.1, -0.05) is 42.1 Å². The molecule has 8 nitrogen and oxygen atoms in total. The second-order valence-electron chi connectivity index (χ2n) is 6.78. The molecule has 0 amide bonds. The number of carbonyl (C=O) groups excluding carboxylic acids is 1. The number of fused-ring (bicyclic) bond motifs is 2. The van der Waals surface area contributed by atoms with E-state index < -0.39 is 0 Å². The number of methoxy groups -OCH3 is 1. The Balaban J connectivity index is 1.43. The van der Waals surface area contributed by atoms with Crippen molar-refractivity contribution in [2.75, 3.05) is 12.9 Å². The highest BCUT2D eigenvalue weighted by Crippen LogP contribution is 2.23. The summed E-state index contributed by atoms with van der Waals surface area (Å²) in [5.41, 5.74) is 2.02. The van der Waals surface area contributed by atoms with Crippen LogP contribution in [0.2, 0.25) is 0 Å². The quantitative estimate of drug-likeness (QED) is 0.327. The van der Waals surface area contributed by atoms with Gasteiger partial charge in [0, 0.05) is 35.1 Å². The molecule has 0 aliphatic rings. The number of hydrogen-bond acceptors (Lipinski definition) is 6. The van der Waals surface area contributed by atoms with Crippen LogP contribution in [0.4, 0.5) is 0 Å². The van der Waals surface area contributed by atoms with Gasteiger partial charge in [0.15, 0.2) is 10.9 Å². The van der Waals surface area contributed by atoms with Crippen LogP contribution in [0.5, 0.6) is 5.75 Å². The fraction of sp³-hybridized carbons (Fsp3) is 0.0909. The molecule has 9 heteroatoms. The summed E-state index contributed by atoms with van der Waals surface area (Å²) in [4.78, 5) is 28.8. The molecular formula is C22H17N5O3S. The minimum atomic E-state index is -0.325. The molecule has 1 N–H and O–H groups in total. The zero-order valence-electron chi connectivity index (χ0n) is 16.5. The Morgan fingerprint density at radius 3 is 2.77 bits per heavy atom. The maximum atomic E-state index is 13.0. The van der Waals surface area contributed by atoms with Gasteiger partial charge in [-0.2, -0.15) is 0 Å². The predicted molar refractivity (Wildman–Crippen MR) is 118 cm³/mol. The molecule has 0 saturated carbocycles. The first kappa shape index (κ1) is 19.1. The number of nitrogens with zero attached hydrogens (tertiary/aromatic N) is 4. The second-order valence-corrected chi connectivity index (χ2v) is 7.72. The van der Waals surface area contributed by atoms with Crippen LogP contribution in [0, 0.1) is 0 Å². The summed E-state index contributed by atoms with van der Waals surface area (Å²) in [6.07, 6.45) is 5.07. The summed E-state index contributed by atoms with van der Waals surface area (Å²) >= 11 is 1.24. The Kier molecular flexibility index (Phi) is 4.79. The van der Waals surface area contributed by atoms with Gasteiger partial charge in [-0.05, 0) is 18.2 Å². The number of para-hydroxylation sites is 3. The number of nitrogens with one attached hydrogen (secondary N) is 1. The first-order valence-corrected chi connectivity index (χ1v) is 10.5. The third-order valence-corrected chi connectivity index (χ3v) is 5.95. The lowest BCUT2D eigenvalue weighted by molar-refractivity contribution is 0.102. The average Bonchev–Trinajstić information content (AvgIpc) is 3.42. The zero-order valence-corrected chi connectivity index (χ0v) is 17.3. The van der Waals surface area contributed by atoms with E-state index in [2.05, 4.69) is 15.2 Å². The van der Waals surface area contributed by atoms with Crippen molar-refractivity contribution in [3.8, 4) is 11.4 Å². The van der Waals surface area contributed by atoms with Gasteiger partial charge in [0.05, 0.1) is 18.6 Å². The van der Waals surface area contributed by atoms with Gasteiger partial charge in [0.25, 0.3) is 0 Å². The lowest BCUT2D eigenvalue weighted by atomic mass is 10.1. The van der Waals surface area contributed by atoms with E-state index >= 15 is 0 Å². The topological polar surface area (TPSA) is 94.3 Å². The Hall–Kier alpha value is -3.85. The predicted octanol–water partition coefficient (Wildman–Crippen LogP) is 3.35. The van der Waals surface area contributed by atoms with Crippen LogP contribution < -0.4 is 10.3 Å². The van der Waals surface area contributed by atoms with E-state index in [1.807, 2.05) is 36.4 Å². The van der Waals surface area contributed by atoms with Crippen molar-refractivity contribution < 1.29 is 9.53 Å². The van der Waals surface area contributed by atoms with Crippen LogP contribution in [0.3, 0.4) is 0 Å². The summed E-state index contributed by atoms with van der Waals surface area (Å²) in [5.74, 6) is 0.729. The van der Waals surface area contributed by atoms with Crippen molar-refractivity contribution in [1.29, 1.82) is 0 Å². The van der Waals surface area contributed by atoms with Gasteiger partial charge < -0.3 is 9.72 Å². The van der Waals surface area contributed by atoms with Crippen LogP contribution in [0.25, 0.3) is 22.2 Å². The Morgan fingerprint density at radius 2 is 1.90 bits per heavy atom. The normalized spacial score (nSPS) is 11.3. The average molecular weight is 431 g/mol. The van der Waals surface area contributed by atoms with E-state index in [9.17, 15) is 9.59 Å². The van der Waals surface area contributed by atoms with Crippen LogP contribution in [0.1, 0.15) is 10.4 Å². The van der Waals surface area contributed by atoms with E-state index in [0.29, 0.717) is 22.2 Å². The van der Waals surface area contributed by atoms with Crippen molar-refractivity contribution in [3.05, 3.63) is 83.0 Å². The van der Waals surface area contributed by atoms with Gasteiger partial charge >= 0.3 is 5.56 Å². The number of ketones is 1. The molecule has 31 heavy (non-hydrogen) atoms. The third-order valence-electron chi connectivity index (χ3n) is 5.01. The highest BCUT2D eigenvalue weighted by molar-refractivity contribution is 7.99. The standard InChI is InChI=1S/C22H17N5O3S/c1-30-19-9-5-4-8-17(19)26-10-11-27-20(21(26)29)24-25-22(27)31-13-18(28)15-12-23-16-7-3-2-6-14(15)16/h2-12,23H,13H2,1H3. The van der Waals surface area contributed by atoms with Crippen molar-refractivity contribution in [2.45, 2.75) is 5.16 Å². The Labute approximate surface area is 180 Å². The number of hydrogen-bond donors (Lipinski definition) is 1. The molecule has 0 spiro atoms. The smallest absolute Gasteiger partial charge is 0.300 e. The molecule has 5 rings (SSSR count). The molecule has 0 radical (unpaired) electrons. The summed E-state index contributed by atoms with van der Waals surface area (Å²) in [5, 5.41) is 9.54. The second kappa shape index (κ2) is 7.77. The SMILES string of the molecule is COc1ccccc1-n1ccn2c(SCC(=O)c3c[nH]c4ccccc34)nnc2c1=O. The number of rotatable bonds is 6. The van der Waals surface area contributed by atoms with Crippen LogP contribution in [0.15, 0.2) is 77.1 Å². The summed E-state index contributed by atoms with van der Waals surface area (Å²) in [6, 6.07) is 14.9. The Bertz CT molecular complexity index is 1480. The fourth-order valence-corrected chi connectivity index (χ4v) is 4.29. The van der Waals surface area contributed by atoms with Crippen LogP contribution >= 0.6 is 11.8 Å². The van der Waals surface area contributed by atoms with E-state index in [-0.39, 0.29) is 22.7 Å². The number of carbonyl (C=O) groups is 1. The van der Waals surface area contributed by atoms with Gasteiger partial charge in [-0.25, -0.2) is 0 Å². The van der Waals surface area contributed by atoms with E-state index in [1.54, 1.807) is 42.2 Å². The van der Waals surface area contributed by atoms with E-state index in [0.717, 1.165) is 10.9 Å². The number of Topliss-reactive ketones (excluding diaryl/α,β-unsaturated/α-hetero) is 1. The Morgan fingerprint density at radius 1 is 1.10 bits per heavy atom. The molecule has 5 aromatic rings. The fourth-order valence-electron chi connectivity index (χ4n) is 3.49. The van der Waals surface area contributed by atoms with Gasteiger partial charge in [-0.3, -0.25) is 18.6 Å². The third kappa shape index (κ3) is 3.28. The van der Waals surface area contributed by atoms with E-state index in [1.165, 1.54) is 16.3 Å². The number of H-pyrrole nitrogens is 1. The maximum absolute atomic E-state index is 13.0. The molecule has 0 aliphatic heterocycles. The number of thioether (sulfide) groups is 1. The van der Waals surface area contributed by atoms with Crippen LogP contribution in [-0.4, -0.2) is 42.8 Å². The molecule has 0 aliphatic carbocycles. The first-order chi connectivity index (χ1) is 15.2. The summed E-state index contributed by atoms with van der Waals surface area (Å²) < 4.78 is 8.42. The molecule has 0 bridgehead atoms. The minimum absolute atomic E-state index is 0.0263. The van der Waals surface area contributed by atoms with Gasteiger partial charge in [0.1, 0.15) is 5.75 Å². The zero-order chi connectivity index (χ0) is 21.4. The number of aromatic amines is 1. The van der Waals surface area contributed by atoms with Crippen molar-refractivity contribution >= 4 is 34.1 Å². The molecule has 0 atom stereocenters. The van der Waals surface area contributed by atoms with E-state index in [4.69, 9.17) is 4.74 Å². The van der Waals surface area contributed by atoms with Crippen molar-refractivity contribution in [1.82, 2.24) is 24.1 Å². The van der Waals surface area contributed by atoms with Crippen molar-refractivity contribution in [3.63, 3.8) is 0 Å². The number of aromatic nitrogens is 5. The minimum Gasteiger partial charge on any atom is -0.495 e. The largest absolute Gasteiger partial charge is 0.495 e. The number of ether oxygens (including phenoxy) is 1. The van der Waals surface area contributed by atoms with Gasteiger partial charge in [-0.15, -0.1) is 10.2 Å². The van der Waals surface area contributed by atoms with Crippen LogP contribution in [-0.2, 0) is 0 Å². The lowest BCUT2D eigenvalue weighted by Crippen LogP contribution is -2.20. The molecule has 3 aromatic heterocycles. The molecule has 2 aromatic carbocycles. The molecule has 0 unspecified atom stereocenters. The molecule has 0 saturated heterocycles. The highest BCUT2D eigenvalue weighted by Gasteiger charge is 2.17. The monoisotopic (exact) mass is 431 g/mol. The summed E-state index contributed by atoms with van der Waals surface area (Å²) in [6.45, 7) is 0. The molecule has 0 fully saturated rings. The summed E-state index contributed by atoms with van der Waals surface area (Å²) in [7, 11) is 1.55.